The summed E-state index contributed by atoms with van der Waals surface area (Å²) < 4.78 is 25.1. The van der Waals surface area contributed by atoms with Crippen molar-refractivity contribution in [2.24, 2.45) is 0 Å². The van der Waals surface area contributed by atoms with Gasteiger partial charge in [-0.05, 0) is 51.0 Å². The Hall–Kier alpha value is -3.14. The lowest BCUT2D eigenvalue weighted by Crippen LogP contribution is -2.45. The molecule has 0 unspecified atom stereocenters. The molecule has 170 valence electrons. The van der Waals surface area contributed by atoms with E-state index in [4.69, 9.17) is 0 Å². The van der Waals surface area contributed by atoms with Crippen molar-refractivity contribution in [1.29, 1.82) is 0 Å². The lowest BCUT2D eigenvalue weighted by atomic mass is 10.0. The molecule has 5 rings (SSSR count). The Bertz CT molecular complexity index is 1350. The van der Waals surface area contributed by atoms with Gasteiger partial charge in [-0.3, -0.25) is 9.80 Å². The average molecular weight is 463 g/mol. The first kappa shape index (κ1) is 21.7. The molecule has 1 aliphatic rings. The van der Waals surface area contributed by atoms with Gasteiger partial charge in [-0.2, -0.15) is 4.68 Å². The molecule has 0 N–H and O–H groups in total. The highest BCUT2D eigenvalue weighted by Gasteiger charge is 2.20. The third-order valence-electron chi connectivity index (χ3n) is 6.15. The molecular weight excluding hydrogens is 436 g/mol. The quantitative estimate of drug-likeness (QED) is 0.435. The van der Waals surface area contributed by atoms with Crippen LogP contribution < -0.4 is 0 Å². The van der Waals surface area contributed by atoms with Gasteiger partial charge in [0.15, 0.2) is 15.7 Å². The topological polar surface area (TPSA) is 84.2 Å². The van der Waals surface area contributed by atoms with E-state index < -0.39 is 9.84 Å². The number of nitrogens with zero attached hydrogens (tertiary/aromatic N) is 6. The van der Waals surface area contributed by atoms with E-state index in [0.29, 0.717) is 6.54 Å². The summed E-state index contributed by atoms with van der Waals surface area (Å²) in [5.74, 6) is 0.740. The van der Waals surface area contributed by atoms with E-state index in [1.54, 1.807) is 28.9 Å². The number of hydrogen-bond donors (Lipinski definition) is 0. The minimum absolute atomic E-state index is 0.281. The van der Waals surface area contributed by atoms with Gasteiger partial charge in [0, 0.05) is 39.0 Å². The summed E-state index contributed by atoms with van der Waals surface area (Å²) in [6.45, 7) is 5.42. The average Bonchev–Trinajstić information content (AvgIpc) is 3.28. The van der Waals surface area contributed by atoms with Gasteiger partial charge in [-0.15, -0.1) is 5.10 Å². The molecule has 1 aliphatic heterocycles. The maximum absolute atomic E-state index is 11.7. The lowest BCUT2D eigenvalue weighted by Gasteiger charge is -2.34. The Balaban J connectivity index is 1.22. The highest BCUT2D eigenvalue weighted by Crippen LogP contribution is 2.21. The van der Waals surface area contributed by atoms with Crippen molar-refractivity contribution in [3.63, 3.8) is 0 Å². The number of piperazine rings is 1. The molecule has 4 aromatic rings. The van der Waals surface area contributed by atoms with Crippen LogP contribution in [0, 0.1) is 0 Å². The van der Waals surface area contributed by atoms with Crippen molar-refractivity contribution in [2.45, 2.75) is 18.0 Å². The molecule has 0 atom stereocenters. The molecule has 0 saturated carbocycles. The zero-order valence-corrected chi connectivity index (χ0v) is 19.3. The van der Waals surface area contributed by atoms with E-state index in [1.807, 2.05) is 0 Å². The Morgan fingerprint density at radius 3 is 2.21 bits per heavy atom. The van der Waals surface area contributed by atoms with E-state index in [0.717, 1.165) is 44.2 Å². The van der Waals surface area contributed by atoms with E-state index in [9.17, 15) is 8.42 Å². The standard InChI is InChI=1S/C24H26N6O2S/c1-33(31,32)22-11-9-21(10-12-22)30-24(25-26-27-30)18-29-15-13-28(14-16-29)17-20-7-4-6-19-5-2-3-8-23(19)20/h2-12H,13-18H2,1H3. The van der Waals surface area contributed by atoms with Crippen LogP contribution in [0.4, 0.5) is 0 Å². The number of rotatable bonds is 6. The molecule has 33 heavy (non-hydrogen) atoms. The molecular formula is C24H26N6O2S. The first-order valence-corrected chi connectivity index (χ1v) is 12.9. The van der Waals surface area contributed by atoms with Gasteiger partial charge < -0.3 is 0 Å². The summed E-state index contributed by atoms with van der Waals surface area (Å²) in [6.07, 6.45) is 1.20. The fourth-order valence-electron chi connectivity index (χ4n) is 4.32. The van der Waals surface area contributed by atoms with Crippen LogP contribution in [0.15, 0.2) is 71.6 Å². The molecule has 2 heterocycles. The number of fused-ring (bicyclic) bond motifs is 1. The van der Waals surface area contributed by atoms with Crippen LogP contribution in [0.2, 0.25) is 0 Å². The van der Waals surface area contributed by atoms with Crippen molar-refractivity contribution in [3.8, 4) is 5.69 Å². The van der Waals surface area contributed by atoms with Gasteiger partial charge in [0.05, 0.1) is 17.1 Å². The molecule has 1 aromatic heterocycles. The first-order valence-electron chi connectivity index (χ1n) is 11.0. The maximum Gasteiger partial charge on any atom is 0.175 e. The molecule has 0 radical (unpaired) electrons. The highest BCUT2D eigenvalue weighted by atomic mass is 32.2. The smallest absolute Gasteiger partial charge is 0.175 e. The summed E-state index contributed by atoms with van der Waals surface area (Å²) in [6, 6.07) is 21.7. The number of hydrogen-bond acceptors (Lipinski definition) is 7. The van der Waals surface area contributed by atoms with Crippen LogP contribution in [0.5, 0.6) is 0 Å². The Kier molecular flexibility index (Phi) is 5.92. The second-order valence-electron chi connectivity index (χ2n) is 8.46. The zero-order chi connectivity index (χ0) is 22.8. The van der Waals surface area contributed by atoms with Crippen LogP contribution in [-0.2, 0) is 22.9 Å². The predicted molar refractivity (Wildman–Crippen MR) is 127 cm³/mol. The SMILES string of the molecule is CS(=O)(=O)c1ccc(-n2nnnc2CN2CCN(Cc3cccc4ccccc34)CC2)cc1. The molecule has 1 saturated heterocycles. The Morgan fingerprint density at radius 1 is 0.818 bits per heavy atom. The van der Waals surface area contributed by atoms with Gasteiger partial charge in [0.25, 0.3) is 0 Å². The highest BCUT2D eigenvalue weighted by molar-refractivity contribution is 7.90. The van der Waals surface area contributed by atoms with Crippen LogP contribution >= 0.6 is 0 Å². The second-order valence-corrected chi connectivity index (χ2v) is 10.5. The van der Waals surface area contributed by atoms with Crippen molar-refractivity contribution in [3.05, 3.63) is 78.1 Å². The number of aromatic nitrogens is 4. The minimum atomic E-state index is -3.24. The first-order chi connectivity index (χ1) is 16.0. The lowest BCUT2D eigenvalue weighted by molar-refractivity contribution is 0.119. The van der Waals surface area contributed by atoms with Crippen LogP contribution in [0.3, 0.4) is 0 Å². The molecule has 1 fully saturated rings. The molecule has 0 aliphatic carbocycles. The normalized spacial score (nSPS) is 15.8. The molecule has 3 aromatic carbocycles. The largest absolute Gasteiger partial charge is 0.297 e. The third-order valence-corrected chi connectivity index (χ3v) is 7.28. The van der Waals surface area contributed by atoms with Crippen molar-refractivity contribution in [2.75, 3.05) is 32.4 Å². The number of sulfone groups is 1. The van der Waals surface area contributed by atoms with Crippen molar-refractivity contribution < 1.29 is 8.42 Å². The van der Waals surface area contributed by atoms with Crippen LogP contribution in [0.25, 0.3) is 16.5 Å². The Morgan fingerprint density at radius 2 is 1.48 bits per heavy atom. The van der Waals surface area contributed by atoms with Crippen molar-refractivity contribution >= 4 is 20.6 Å². The van der Waals surface area contributed by atoms with Gasteiger partial charge in [0.2, 0.25) is 0 Å². The summed E-state index contributed by atoms with van der Waals surface area (Å²) in [5.41, 5.74) is 2.11. The molecule has 9 heteroatoms. The molecule has 8 nitrogen and oxygen atoms in total. The zero-order valence-electron chi connectivity index (χ0n) is 18.5. The van der Waals surface area contributed by atoms with E-state index in [1.165, 1.54) is 22.6 Å². The number of benzene rings is 3. The van der Waals surface area contributed by atoms with Crippen molar-refractivity contribution in [1.82, 2.24) is 30.0 Å². The molecule has 0 amide bonds. The number of tetrazole rings is 1. The fraction of sp³-hybridized carbons (Fsp3) is 0.292. The predicted octanol–water partition coefficient (Wildman–Crippen LogP) is 2.54. The summed E-state index contributed by atoms with van der Waals surface area (Å²) in [5, 5.41) is 14.8. The van der Waals surface area contributed by atoms with Gasteiger partial charge in [-0.25, -0.2) is 8.42 Å². The summed E-state index contributed by atoms with van der Waals surface area (Å²) >= 11 is 0. The summed E-state index contributed by atoms with van der Waals surface area (Å²) in [4.78, 5) is 5.13. The van der Waals surface area contributed by atoms with Gasteiger partial charge in [0.1, 0.15) is 0 Å². The molecule has 0 bridgehead atoms. The third kappa shape index (κ3) is 4.80. The van der Waals surface area contributed by atoms with E-state index >= 15 is 0 Å². The van der Waals surface area contributed by atoms with Crippen LogP contribution in [-0.4, -0.2) is 70.9 Å². The summed E-state index contributed by atoms with van der Waals surface area (Å²) in [7, 11) is -3.24. The monoisotopic (exact) mass is 462 g/mol. The Labute approximate surface area is 193 Å². The maximum atomic E-state index is 11.7. The minimum Gasteiger partial charge on any atom is -0.297 e. The van der Waals surface area contributed by atoms with Gasteiger partial charge >= 0.3 is 0 Å². The molecule has 0 spiro atoms. The fourth-order valence-corrected chi connectivity index (χ4v) is 4.95. The second kappa shape index (κ2) is 9.01. The van der Waals surface area contributed by atoms with E-state index in [-0.39, 0.29) is 4.90 Å². The van der Waals surface area contributed by atoms with Gasteiger partial charge in [-0.1, -0.05) is 42.5 Å². The van der Waals surface area contributed by atoms with Crippen LogP contribution in [0.1, 0.15) is 11.4 Å². The van der Waals surface area contributed by atoms with E-state index in [2.05, 4.69) is 67.8 Å².